The highest BCUT2D eigenvalue weighted by Gasteiger charge is 2.30. The molecular formula is C17H19NO2. The van der Waals surface area contributed by atoms with Gasteiger partial charge in [0.2, 0.25) is 0 Å². The van der Waals surface area contributed by atoms with Gasteiger partial charge in [0, 0.05) is 23.0 Å². The minimum Gasteiger partial charge on any atom is -0.478 e. The summed E-state index contributed by atoms with van der Waals surface area (Å²) in [5.41, 5.74) is 5.87. The van der Waals surface area contributed by atoms with Gasteiger partial charge in [-0.2, -0.15) is 0 Å². The number of aromatic carboxylic acids is 1. The first kappa shape index (κ1) is 13.0. The van der Waals surface area contributed by atoms with Crippen LogP contribution in [0.3, 0.4) is 0 Å². The Morgan fingerprint density at radius 1 is 1.20 bits per heavy atom. The van der Waals surface area contributed by atoms with Crippen molar-refractivity contribution in [1.29, 1.82) is 0 Å². The Kier molecular flexibility index (Phi) is 2.93. The highest BCUT2D eigenvalue weighted by atomic mass is 16.4. The Balaban J connectivity index is 2.24. The minimum atomic E-state index is -0.839. The van der Waals surface area contributed by atoms with Crippen LogP contribution in [0.4, 0.5) is 0 Å². The second kappa shape index (κ2) is 4.51. The SMILES string of the molecule is Cc1ccc(C)c(-c2cc(C(=O)O)c(C)n2C2CC2)c1. The fraction of sp³-hybridized carbons (Fsp3) is 0.353. The molecule has 0 atom stereocenters. The Hall–Kier alpha value is -2.03. The van der Waals surface area contributed by atoms with E-state index in [2.05, 4.69) is 36.6 Å². The van der Waals surface area contributed by atoms with Crippen LogP contribution in [0.1, 0.15) is 46.1 Å². The summed E-state index contributed by atoms with van der Waals surface area (Å²) in [4.78, 5) is 11.4. The molecule has 1 aliphatic rings. The van der Waals surface area contributed by atoms with E-state index in [1.54, 1.807) is 0 Å². The summed E-state index contributed by atoms with van der Waals surface area (Å²) < 4.78 is 2.21. The maximum absolute atomic E-state index is 11.4. The third-order valence-corrected chi connectivity index (χ3v) is 4.10. The van der Waals surface area contributed by atoms with Crippen LogP contribution in [0.25, 0.3) is 11.3 Å². The maximum Gasteiger partial charge on any atom is 0.337 e. The lowest BCUT2D eigenvalue weighted by Gasteiger charge is -2.13. The molecule has 1 heterocycles. The lowest BCUT2D eigenvalue weighted by molar-refractivity contribution is 0.0696. The molecule has 0 unspecified atom stereocenters. The van der Waals surface area contributed by atoms with Crippen molar-refractivity contribution in [1.82, 2.24) is 4.57 Å². The number of hydrogen-bond acceptors (Lipinski definition) is 1. The van der Waals surface area contributed by atoms with E-state index in [1.165, 1.54) is 11.1 Å². The third-order valence-electron chi connectivity index (χ3n) is 4.10. The van der Waals surface area contributed by atoms with Crippen LogP contribution in [0.2, 0.25) is 0 Å². The van der Waals surface area contributed by atoms with Gasteiger partial charge in [-0.25, -0.2) is 4.79 Å². The summed E-state index contributed by atoms with van der Waals surface area (Å²) in [5, 5.41) is 9.36. The van der Waals surface area contributed by atoms with E-state index in [0.29, 0.717) is 11.6 Å². The van der Waals surface area contributed by atoms with Gasteiger partial charge in [-0.05, 0) is 51.3 Å². The fourth-order valence-electron chi connectivity index (χ4n) is 2.86. The monoisotopic (exact) mass is 269 g/mol. The van der Waals surface area contributed by atoms with Crippen LogP contribution >= 0.6 is 0 Å². The van der Waals surface area contributed by atoms with Crippen molar-refractivity contribution < 1.29 is 9.90 Å². The Bertz CT molecular complexity index is 693. The van der Waals surface area contributed by atoms with E-state index < -0.39 is 5.97 Å². The molecule has 0 aliphatic heterocycles. The number of aryl methyl sites for hydroxylation is 2. The van der Waals surface area contributed by atoms with Crippen molar-refractivity contribution in [2.24, 2.45) is 0 Å². The zero-order chi connectivity index (χ0) is 14.4. The Labute approximate surface area is 118 Å². The average Bonchev–Trinajstić information content (AvgIpc) is 3.16. The summed E-state index contributed by atoms with van der Waals surface area (Å²) in [6.45, 7) is 6.06. The van der Waals surface area contributed by atoms with E-state index in [0.717, 1.165) is 29.8 Å². The Morgan fingerprint density at radius 2 is 1.90 bits per heavy atom. The van der Waals surface area contributed by atoms with Crippen LogP contribution in [-0.2, 0) is 0 Å². The molecule has 0 spiro atoms. The molecule has 0 saturated heterocycles. The minimum absolute atomic E-state index is 0.424. The number of carbonyl (C=O) groups is 1. The number of hydrogen-bond donors (Lipinski definition) is 1. The van der Waals surface area contributed by atoms with Crippen LogP contribution in [0.5, 0.6) is 0 Å². The van der Waals surface area contributed by atoms with E-state index in [4.69, 9.17) is 0 Å². The fourth-order valence-corrected chi connectivity index (χ4v) is 2.86. The molecule has 1 N–H and O–H groups in total. The molecule has 20 heavy (non-hydrogen) atoms. The van der Waals surface area contributed by atoms with Gasteiger partial charge in [-0.1, -0.05) is 17.7 Å². The summed E-state index contributed by atoms with van der Waals surface area (Å²) in [7, 11) is 0. The highest BCUT2D eigenvalue weighted by molar-refractivity contribution is 5.91. The molecule has 3 nitrogen and oxygen atoms in total. The maximum atomic E-state index is 11.4. The first-order valence-corrected chi connectivity index (χ1v) is 7.02. The summed E-state index contributed by atoms with van der Waals surface area (Å²) in [6.07, 6.45) is 2.29. The van der Waals surface area contributed by atoms with E-state index in [9.17, 15) is 9.90 Å². The molecule has 1 saturated carbocycles. The number of carboxylic acid groups (broad SMARTS) is 1. The van der Waals surface area contributed by atoms with Crippen molar-refractivity contribution in [2.45, 2.75) is 39.7 Å². The number of benzene rings is 1. The van der Waals surface area contributed by atoms with Crippen LogP contribution in [0, 0.1) is 20.8 Å². The van der Waals surface area contributed by atoms with E-state index >= 15 is 0 Å². The molecule has 1 aromatic carbocycles. The number of aromatic nitrogens is 1. The highest BCUT2D eigenvalue weighted by Crippen LogP contribution is 2.42. The van der Waals surface area contributed by atoms with Crippen molar-refractivity contribution >= 4 is 5.97 Å². The lowest BCUT2D eigenvalue weighted by Crippen LogP contribution is -2.03. The third kappa shape index (κ3) is 2.03. The molecule has 0 bridgehead atoms. The molecule has 3 rings (SSSR count). The number of carboxylic acids is 1. The van der Waals surface area contributed by atoms with Crippen LogP contribution in [0.15, 0.2) is 24.3 Å². The summed E-state index contributed by atoms with van der Waals surface area (Å²) >= 11 is 0. The summed E-state index contributed by atoms with van der Waals surface area (Å²) in [6, 6.07) is 8.64. The van der Waals surface area contributed by atoms with E-state index in [-0.39, 0.29) is 0 Å². The summed E-state index contributed by atoms with van der Waals surface area (Å²) in [5.74, 6) is -0.839. The molecule has 1 aromatic heterocycles. The van der Waals surface area contributed by atoms with Gasteiger partial charge in [0.1, 0.15) is 0 Å². The molecule has 0 amide bonds. The molecule has 1 aliphatic carbocycles. The predicted molar refractivity (Wildman–Crippen MR) is 79.3 cm³/mol. The standard InChI is InChI=1S/C17H19NO2/c1-10-4-5-11(2)14(8-10)16-9-15(17(19)20)12(3)18(16)13-6-7-13/h4-5,8-9,13H,6-7H2,1-3H3,(H,19,20). The quantitative estimate of drug-likeness (QED) is 0.911. The van der Waals surface area contributed by atoms with E-state index in [1.807, 2.05) is 13.0 Å². The lowest BCUT2D eigenvalue weighted by atomic mass is 10.0. The van der Waals surface area contributed by atoms with Gasteiger partial charge in [-0.15, -0.1) is 0 Å². The molecular weight excluding hydrogens is 250 g/mol. The van der Waals surface area contributed by atoms with Crippen LogP contribution < -0.4 is 0 Å². The second-order valence-corrected chi connectivity index (χ2v) is 5.75. The van der Waals surface area contributed by atoms with Gasteiger partial charge < -0.3 is 9.67 Å². The molecule has 3 heteroatoms. The van der Waals surface area contributed by atoms with Gasteiger partial charge in [0.15, 0.2) is 0 Å². The Morgan fingerprint density at radius 3 is 2.50 bits per heavy atom. The molecule has 104 valence electrons. The first-order valence-electron chi connectivity index (χ1n) is 7.02. The molecule has 1 fully saturated rings. The normalized spacial score (nSPS) is 14.6. The predicted octanol–water partition coefficient (Wildman–Crippen LogP) is 4.11. The van der Waals surface area contributed by atoms with Crippen LogP contribution in [-0.4, -0.2) is 15.6 Å². The van der Waals surface area contributed by atoms with Crippen molar-refractivity contribution in [3.8, 4) is 11.3 Å². The van der Waals surface area contributed by atoms with Crippen molar-refractivity contribution in [2.75, 3.05) is 0 Å². The zero-order valence-corrected chi connectivity index (χ0v) is 12.1. The van der Waals surface area contributed by atoms with Crippen molar-refractivity contribution in [3.63, 3.8) is 0 Å². The topological polar surface area (TPSA) is 42.2 Å². The zero-order valence-electron chi connectivity index (χ0n) is 12.1. The smallest absolute Gasteiger partial charge is 0.337 e. The second-order valence-electron chi connectivity index (χ2n) is 5.75. The van der Waals surface area contributed by atoms with Gasteiger partial charge >= 0.3 is 5.97 Å². The van der Waals surface area contributed by atoms with Gasteiger partial charge in [0.05, 0.1) is 5.56 Å². The largest absolute Gasteiger partial charge is 0.478 e. The number of nitrogens with zero attached hydrogens (tertiary/aromatic N) is 1. The van der Waals surface area contributed by atoms with Gasteiger partial charge in [-0.3, -0.25) is 0 Å². The molecule has 0 radical (unpaired) electrons. The van der Waals surface area contributed by atoms with Gasteiger partial charge in [0.25, 0.3) is 0 Å². The number of rotatable bonds is 3. The van der Waals surface area contributed by atoms with Crippen molar-refractivity contribution in [3.05, 3.63) is 46.6 Å². The molecule has 2 aromatic rings. The first-order chi connectivity index (χ1) is 9.49. The average molecular weight is 269 g/mol.